The minimum atomic E-state index is -0.0136. The number of benzene rings is 18. The summed E-state index contributed by atoms with van der Waals surface area (Å²) >= 11 is 0. The SMILES string of the molecule is CCn1c2ccc(-c3ccc(-c4ccc(-c5c6ccc(C(C)(C)C)cc6c(-c6ccc(-c7ccc(-c8ccccc8)cc7)cc6)c6ccc(C(C)(C)C)cc56)cc4)cc3)cc2c2cc(C(C)(C)C)ccc21.CCn1c2ccc(-c3ccc(-c4ccc(-c5c6ccc(C(C)(C)C)cc6c(-c6ccccc6)c6ccc(C(C)(C)C)cc56)cc4)cc3)cc2c2cc(C(C)(C)C)ccc21. The summed E-state index contributed by atoms with van der Waals surface area (Å²) in [5.41, 5.74) is 38.4. The predicted molar refractivity (Wildman–Crippen MR) is 567 cm³/mol. The molecule has 0 amide bonds. The van der Waals surface area contributed by atoms with Crippen LogP contribution in [0.15, 0.2) is 352 Å². The van der Waals surface area contributed by atoms with E-state index in [9.17, 15) is 0 Å². The first-order chi connectivity index (χ1) is 62.1. The maximum atomic E-state index is 2.47. The summed E-state index contributed by atoms with van der Waals surface area (Å²) in [6, 6.07) is 134. The largest absolute Gasteiger partial charge is 0.341 e. The topological polar surface area (TPSA) is 9.86 Å². The van der Waals surface area contributed by atoms with E-state index < -0.39 is 0 Å². The van der Waals surface area contributed by atoms with E-state index in [0.29, 0.717) is 0 Å². The van der Waals surface area contributed by atoms with Crippen LogP contribution in [0, 0.1) is 0 Å². The van der Waals surface area contributed by atoms with Gasteiger partial charge in [-0.25, -0.2) is 0 Å². The number of hydrogen-bond acceptors (Lipinski definition) is 0. The highest BCUT2D eigenvalue weighted by Crippen LogP contribution is 2.51. The Balaban J connectivity index is 0.000000171. The lowest BCUT2D eigenvalue weighted by molar-refractivity contribution is 0.590. The van der Waals surface area contributed by atoms with Crippen molar-refractivity contribution in [3.8, 4) is 111 Å². The van der Waals surface area contributed by atoms with Crippen LogP contribution in [0.4, 0.5) is 0 Å². The second-order valence-corrected chi connectivity index (χ2v) is 42.7. The molecule has 0 unspecified atom stereocenters. The van der Waals surface area contributed by atoms with Crippen LogP contribution >= 0.6 is 0 Å². The van der Waals surface area contributed by atoms with Crippen molar-refractivity contribution >= 4 is 86.7 Å². The summed E-state index contributed by atoms with van der Waals surface area (Å²) in [7, 11) is 0. The normalized spacial score (nSPS) is 12.5. The van der Waals surface area contributed by atoms with Crippen molar-refractivity contribution in [2.75, 3.05) is 0 Å². The Hall–Kier alpha value is -13.4. The standard InChI is InChI=1S/C70H65N.C58H57N/c1-11-71-64-39-33-54(41-60(64)61-42-57(70(8,9)10)36-40-65(61)71)51-23-21-48(22-24-51)50-27-31-53(32-28-50)67-59-38-35-55(68(2,3)4)43-62(59)66(58-37-34-56(44-63(58)67)69(5,6)7)52-29-25-49(26-30-52)47-19-17-46(18-20-47)45-15-13-12-14-16-45;1-11-59-52-31-25-42(33-48(52)49-34-45(58(8,9)10)28-32-53(49)59)39-19-17-37(18-20-39)38-21-23-41(24-22-38)55-47-30-27-43(56(2,3)4)35-50(47)54(40-15-13-12-14-16-40)46-29-26-44(36-51(46)55)57(5,6)7/h12-44H,11H2,1-10H3;12-36H,11H2,1-10H3. The molecule has 0 fully saturated rings. The fraction of sp³-hybridized carbons (Fsp3) is 0.219. The van der Waals surface area contributed by atoms with Gasteiger partial charge in [0.1, 0.15) is 0 Å². The first kappa shape index (κ1) is 86.0. The molecule has 20 aromatic rings. The summed E-state index contributed by atoms with van der Waals surface area (Å²) < 4.78 is 4.90. The molecule has 130 heavy (non-hydrogen) atoms. The lowest BCUT2D eigenvalue weighted by atomic mass is 9.79. The van der Waals surface area contributed by atoms with Gasteiger partial charge in [-0.15, -0.1) is 0 Å². The quantitative estimate of drug-likeness (QED) is 0.108. The number of nitrogens with zero attached hydrogens (tertiary/aromatic N) is 2. The van der Waals surface area contributed by atoms with Crippen molar-refractivity contribution in [1.82, 2.24) is 9.13 Å². The van der Waals surface area contributed by atoms with Gasteiger partial charge in [-0.1, -0.05) is 404 Å². The minimum Gasteiger partial charge on any atom is -0.341 e. The highest BCUT2D eigenvalue weighted by molar-refractivity contribution is 6.24. The van der Waals surface area contributed by atoms with Gasteiger partial charge in [-0.05, 0) is 307 Å². The van der Waals surface area contributed by atoms with Crippen LogP contribution in [0.1, 0.15) is 172 Å². The van der Waals surface area contributed by atoms with Gasteiger partial charge in [0.25, 0.3) is 0 Å². The van der Waals surface area contributed by atoms with Crippen LogP contribution in [0.3, 0.4) is 0 Å². The van der Waals surface area contributed by atoms with Crippen LogP contribution in [-0.2, 0) is 45.6 Å². The molecule has 18 aromatic carbocycles. The predicted octanol–water partition coefficient (Wildman–Crippen LogP) is 36.7. The van der Waals surface area contributed by atoms with Crippen molar-refractivity contribution in [1.29, 1.82) is 0 Å². The molecule has 0 bridgehead atoms. The van der Waals surface area contributed by atoms with Crippen LogP contribution in [0.2, 0.25) is 0 Å². The van der Waals surface area contributed by atoms with E-state index in [1.165, 1.54) is 231 Å². The zero-order valence-electron chi connectivity index (χ0n) is 79.8. The van der Waals surface area contributed by atoms with E-state index >= 15 is 0 Å². The molecular formula is C128H122N2. The van der Waals surface area contributed by atoms with Crippen molar-refractivity contribution in [3.63, 3.8) is 0 Å². The number of fused-ring (bicyclic) bond motifs is 10. The highest BCUT2D eigenvalue weighted by Gasteiger charge is 2.28. The molecule has 0 spiro atoms. The van der Waals surface area contributed by atoms with Crippen LogP contribution in [0.5, 0.6) is 0 Å². The minimum absolute atomic E-state index is 0.0119. The van der Waals surface area contributed by atoms with Crippen LogP contribution in [-0.4, -0.2) is 9.13 Å². The van der Waals surface area contributed by atoms with E-state index in [4.69, 9.17) is 0 Å². The van der Waals surface area contributed by atoms with Crippen LogP contribution in [0.25, 0.3) is 198 Å². The summed E-state index contributed by atoms with van der Waals surface area (Å²) in [6.45, 7) is 48.0. The maximum absolute atomic E-state index is 2.47. The van der Waals surface area contributed by atoms with E-state index in [2.05, 4.69) is 499 Å². The average Bonchev–Trinajstić information content (AvgIpc) is 1.07. The van der Waals surface area contributed by atoms with Gasteiger partial charge in [0.2, 0.25) is 0 Å². The molecule has 0 saturated carbocycles. The first-order valence-corrected chi connectivity index (χ1v) is 47.1. The van der Waals surface area contributed by atoms with Crippen LogP contribution < -0.4 is 0 Å². The number of hydrogen-bond donors (Lipinski definition) is 0. The van der Waals surface area contributed by atoms with Crippen molar-refractivity contribution < 1.29 is 0 Å². The van der Waals surface area contributed by atoms with Gasteiger partial charge < -0.3 is 9.13 Å². The summed E-state index contributed by atoms with van der Waals surface area (Å²) in [4.78, 5) is 0. The van der Waals surface area contributed by atoms with Gasteiger partial charge in [0, 0.05) is 56.7 Å². The molecule has 0 aliphatic heterocycles. The summed E-state index contributed by atoms with van der Waals surface area (Å²) in [5, 5.41) is 15.6. The molecule has 0 saturated heterocycles. The van der Waals surface area contributed by atoms with Gasteiger partial charge >= 0.3 is 0 Å². The Labute approximate surface area is 771 Å². The van der Waals surface area contributed by atoms with Crippen molar-refractivity contribution in [2.24, 2.45) is 0 Å². The number of aryl methyl sites for hydroxylation is 2. The Morgan fingerprint density at radius 1 is 0.146 bits per heavy atom. The van der Waals surface area contributed by atoms with Gasteiger partial charge in [-0.2, -0.15) is 0 Å². The fourth-order valence-electron chi connectivity index (χ4n) is 20.0. The molecule has 0 atom stereocenters. The molecule has 0 aliphatic rings. The molecule has 20 rings (SSSR count). The Kier molecular flexibility index (Phi) is 21.8. The van der Waals surface area contributed by atoms with Crippen molar-refractivity contribution in [2.45, 2.75) is 184 Å². The third-order valence-electron chi connectivity index (χ3n) is 27.8. The third kappa shape index (κ3) is 16.2. The molecular weight excluding hydrogens is 1570 g/mol. The van der Waals surface area contributed by atoms with Crippen molar-refractivity contribution in [3.05, 3.63) is 385 Å². The molecule has 2 heteroatoms. The molecule has 0 aliphatic carbocycles. The van der Waals surface area contributed by atoms with E-state index in [1.807, 2.05) is 0 Å². The molecule has 0 radical (unpaired) electrons. The molecule has 644 valence electrons. The number of aromatic nitrogens is 2. The molecule has 0 N–H and O–H groups in total. The van der Waals surface area contributed by atoms with Gasteiger partial charge in [0.05, 0.1) is 0 Å². The third-order valence-corrected chi connectivity index (χ3v) is 27.8. The molecule has 2 heterocycles. The zero-order valence-corrected chi connectivity index (χ0v) is 79.8. The average molecular weight is 1690 g/mol. The smallest absolute Gasteiger partial charge is 0.0491 e. The lowest BCUT2D eigenvalue weighted by Gasteiger charge is -2.25. The maximum Gasteiger partial charge on any atom is 0.0491 e. The van der Waals surface area contributed by atoms with Gasteiger partial charge in [0.15, 0.2) is 0 Å². The van der Waals surface area contributed by atoms with E-state index in [1.54, 1.807) is 0 Å². The lowest BCUT2D eigenvalue weighted by Crippen LogP contribution is -2.11. The Morgan fingerprint density at radius 3 is 0.531 bits per heavy atom. The van der Waals surface area contributed by atoms with E-state index in [-0.39, 0.29) is 32.5 Å². The Morgan fingerprint density at radius 2 is 0.308 bits per heavy atom. The van der Waals surface area contributed by atoms with E-state index in [0.717, 1.165) is 13.1 Å². The number of rotatable bonds is 12. The second-order valence-electron chi connectivity index (χ2n) is 42.7. The van der Waals surface area contributed by atoms with Gasteiger partial charge in [-0.3, -0.25) is 0 Å². The Bertz CT molecular complexity index is 7720. The zero-order chi connectivity index (χ0) is 90.8. The molecule has 2 nitrogen and oxygen atoms in total. The summed E-state index contributed by atoms with van der Waals surface area (Å²) in [6.07, 6.45) is 0. The summed E-state index contributed by atoms with van der Waals surface area (Å²) in [5.74, 6) is 0. The fourth-order valence-corrected chi connectivity index (χ4v) is 20.0. The second kappa shape index (κ2) is 33.0. The monoisotopic (exact) mass is 1690 g/mol. The molecule has 2 aromatic heterocycles. The highest BCUT2D eigenvalue weighted by atomic mass is 15.0. The first-order valence-electron chi connectivity index (χ1n) is 47.1.